The van der Waals surface area contributed by atoms with Gasteiger partial charge in [0.05, 0.1) is 5.92 Å². The number of rotatable bonds is 2. The van der Waals surface area contributed by atoms with Crippen molar-refractivity contribution < 1.29 is 9.53 Å². The summed E-state index contributed by atoms with van der Waals surface area (Å²) in [6.45, 7) is 6.20. The second-order valence-electron chi connectivity index (χ2n) is 3.38. The van der Waals surface area contributed by atoms with Crippen molar-refractivity contribution in [2.75, 3.05) is 0 Å². The molecule has 0 aromatic rings. The number of hydrogen-bond acceptors (Lipinski definition) is 2. The molecule has 0 bridgehead atoms. The van der Waals surface area contributed by atoms with Crippen molar-refractivity contribution in [1.82, 2.24) is 0 Å². The fraction of sp³-hybridized carbons (Fsp3) is 0.875. The van der Waals surface area contributed by atoms with E-state index in [-0.39, 0.29) is 18.0 Å². The molecule has 0 unspecified atom stereocenters. The zero-order valence-corrected chi connectivity index (χ0v) is 6.76. The molecule has 0 saturated carbocycles. The SMILES string of the molecule is CC(C)C[C@H]1C(=O)O[C@@H]1C. The average molecular weight is 142 g/mol. The molecule has 1 fully saturated rings. The van der Waals surface area contributed by atoms with Crippen molar-refractivity contribution in [3.63, 3.8) is 0 Å². The molecule has 2 atom stereocenters. The monoisotopic (exact) mass is 142 g/mol. The third-order valence-electron chi connectivity index (χ3n) is 1.90. The highest BCUT2D eigenvalue weighted by molar-refractivity contribution is 5.78. The molecule has 58 valence electrons. The lowest BCUT2D eigenvalue weighted by atomic mass is 9.89. The molecular weight excluding hydrogens is 128 g/mol. The van der Waals surface area contributed by atoms with Crippen LogP contribution >= 0.6 is 0 Å². The zero-order chi connectivity index (χ0) is 7.72. The first-order chi connectivity index (χ1) is 4.61. The van der Waals surface area contributed by atoms with Crippen LogP contribution in [0.3, 0.4) is 0 Å². The quantitative estimate of drug-likeness (QED) is 0.547. The van der Waals surface area contributed by atoms with Gasteiger partial charge in [-0.15, -0.1) is 0 Å². The van der Waals surface area contributed by atoms with Crippen LogP contribution in [0.1, 0.15) is 27.2 Å². The summed E-state index contributed by atoms with van der Waals surface area (Å²) in [5.41, 5.74) is 0. The molecule has 0 aliphatic carbocycles. The van der Waals surface area contributed by atoms with Crippen LogP contribution in [0.4, 0.5) is 0 Å². The third kappa shape index (κ3) is 1.31. The van der Waals surface area contributed by atoms with E-state index < -0.39 is 0 Å². The van der Waals surface area contributed by atoms with Gasteiger partial charge in [-0.05, 0) is 19.3 Å². The fourth-order valence-electron chi connectivity index (χ4n) is 1.27. The molecule has 0 radical (unpaired) electrons. The number of ether oxygens (including phenoxy) is 1. The van der Waals surface area contributed by atoms with Gasteiger partial charge in [-0.3, -0.25) is 4.79 Å². The van der Waals surface area contributed by atoms with Gasteiger partial charge in [-0.1, -0.05) is 13.8 Å². The first kappa shape index (κ1) is 7.58. The van der Waals surface area contributed by atoms with E-state index in [1.165, 1.54) is 0 Å². The highest BCUT2D eigenvalue weighted by atomic mass is 16.6. The van der Waals surface area contributed by atoms with Crippen LogP contribution in [0.5, 0.6) is 0 Å². The fourth-order valence-corrected chi connectivity index (χ4v) is 1.27. The highest BCUT2D eigenvalue weighted by Gasteiger charge is 2.38. The van der Waals surface area contributed by atoms with Gasteiger partial charge in [0.25, 0.3) is 0 Å². The van der Waals surface area contributed by atoms with Gasteiger partial charge in [-0.25, -0.2) is 0 Å². The summed E-state index contributed by atoms with van der Waals surface area (Å²) in [6.07, 6.45) is 1.13. The van der Waals surface area contributed by atoms with Gasteiger partial charge >= 0.3 is 5.97 Å². The van der Waals surface area contributed by atoms with Gasteiger partial charge in [-0.2, -0.15) is 0 Å². The molecule has 0 amide bonds. The molecule has 2 heteroatoms. The third-order valence-corrected chi connectivity index (χ3v) is 1.90. The van der Waals surface area contributed by atoms with Crippen molar-refractivity contribution >= 4 is 5.97 Å². The van der Waals surface area contributed by atoms with E-state index in [2.05, 4.69) is 13.8 Å². The number of hydrogen-bond donors (Lipinski definition) is 0. The van der Waals surface area contributed by atoms with Crippen molar-refractivity contribution in [3.05, 3.63) is 0 Å². The van der Waals surface area contributed by atoms with E-state index >= 15 is 0 Å². The zero-order valence-electron chi connectivity index (χ0n) is 6.76. The summed E-state index contributed by atoms with van der Waals surface area (Å²) in [5.74, 6) is 0.765. The molecular formula is C8H14O2. The summed E-state index contributed by atoms with van der Waals surface area (Å²) < 4.78 is 4.81. The van der Waals surface area contributed by atoms with Crippen molar-refractivity contribution in [1.29, 1.82) is 0 Å². The Hall–Kier alpha value is -0.530. The van der Waals surface area contributed by atoms with Gasteiger partial charge < -0.3 is 4.74 Å². The maximum Gasteiger partial charge on any atom is 0.312 e. The van der Waals surface area contributed by atoms with Crippen molar-refractivity contribution in [3.8, 4) is 0 Å². The van der Waals surface area contributed by atoms with Crippen molar-refractivity contribution in [2.24, 2.45) is 11.8 Å². The molecule has 0 aromatic carbocycles. The lowest BCUT2D eigenvalue weighted by molar-refractivity contribution is -0.183. The molecule has 0 spiro atoms. The van der Waals surface area contributed by atoms with E-state index in [1.54, 1.807) is 0 Å². The summed E-state index contributed by atoms with van der Waals surface area (Å²) >= 11 is 0. The Bertz CT molecular complexity index is 140. The minimum Gasteiger partial charge on any atom is -0.461 e. The maximum absolute atomic E-state index is 10.8. The number of carbonyl (C=O) groups excluding carboxylic acids is 1. The Kier molecular flexibility index (Phi) is 1.97. The first-order valence-electron chi connectivity index (χ1n) is 3.81. The lowest BCUT2D eigenvalue weighted by Crippen LogP contribution is -2.43. The number of esters is 1. The molecule has 0 N–H and O–H groups in total. The average Bonchev–Trinajstić information content (AvgIpc) is 1.84. The minimum atomic E-state index is -0.0128. The molecule has 0 aromatic heterocycles. The predicted molar refractivity (Wildman–Crippen MR) is 38.5 cm³/mol. The molecule has 1 aliphatic heterocycles. The Morgan fingerprint density at radius 1 is 1.60 bits per heavy atom. The second kappa shape index (κ2) is 2.60. The van der Waals surface area contributed by atoms with Gasteiger partial charge in [0.15, 0.2) is 0 Å². The van der Waals surface area contributed by atoms with E-state index in [4.69, 9.17) is 4.74 Å². The van der Waals surface area contributed by atoms with Gasteiger partial charge in [0, 0.05) is 0 Å². The van der Waals surface area contributed by atoms with Crippen LogP contribution in [0.25, 0.3) is 0 Å². The molecule has 1 rings (SSSR count). The van der Waals surface area contributed by atoms with Crippen LogP contribution in [0, 0.1) is 11.8 Å². The Balaban J connectivity index is 2.33. The molecule has 10 heavy (non-hydrogen) atoms. The normalized spacial score (nSPS) is 31.8. The molecule has 1 heterocycles. The van der Waals surface area contributed by atoms with E-state index in [1.807, 2.05) is 6.92 Å². The van der Waals surface area contributed by atoms with Crippen LogP contribution in [-0.4, -0.2) is 12.1 Å². The highest BCUT2D eigenvalue weighted by Crippen LogP contribution is 2.27. The van der Waals surface area contributed by atoms with E-state index in [0.29, 0.717) is 5.92 Å². The van der Waals surface area contributed by atoms with Gasteiger partial charge in [0.2, 0.25) is 0 Å². The minimum absolute atomic E-state index is 0.0128. The molecule has 1 aliphatic rings. The molecule has 2 nitrogen and oxygen atoms in total. The van der Waals surface area contributed by atoms with Gasteiger partial charge in [0.1, 0.15) is 6.10 Å². The topological polar surface area (TPSA) is 26.3 Å². The number of carbonyl (C=O) groups is 1. The van der Waals surface area contributed by atoms with Crippen molar-refractivity contribution in [2.45, 2.75) is 33.3 Å². The summed E-state index contributed by atoms with van der Waals surface area (Å²) in [7, 11) is 0. The van der Waals surface area contributed by atoms with Crippen LogP contribution < -0.4 is 0 Å². The lowest BCUT2D eigenvalue weighted by Gasteiger charge is -2.33. The second-order valence-corrected chi connectivity index (χ2v) is 3.38. The summed E-state index contributed by atoms with van der Waals surface area (Å²) in [5, 5.41) is 0. The van der Waals surface area contributed by atoms with E-state index in [0.717, 1.165) is 6.42 Å². The van der Waals surface area contributed by atoms with Crippen LogP contribution in [0.15, 0.2) is 0 Å². The van der Waals surface area contributed by atoms with Crippen LogP contribution in [0.2, 0.25) is 0 Å². The smallest absolute Gasteiger partial charge is 0.312 e. The largest absolute Gasteiger partial charge is 0.461 e. The number of cyclic esters (lactones) is 1. The molecule has 1 saturated heterocycles. The Morgan fingerprint density at radius 2 is 2.20 bits per heavy atom. The summed E-state index contributed by atoms with van der Waals surface area (Å²) in [4.78, 5) is 10.8. The first-order valence-corrected chi connectivity index (χ1v) is 3.81. The Labute approximate surface area is 61.6 Å². The summed E-state index contributed by atoms with van der Waals surface area (Å²) in [6, 6.07) is 0. The van der Waals surface area contributed by atoms with E-state index in [9.17, 15) is 4.79 Å². The standard InChI is InChI=1S/C8H14O2/c1-5(2)4-7-6(3)10-8(7)9/h5-7H,4H2,1-3H3/t6-,7-/m1/s1. The maximum atomic E-state index is 10.8. The Morgan fingerprint density at radius 3 is 2.40 bits per heavy atom. The predicted octanol–water partition coefficient (Wildman–Crippen LogP) is 1.59. The van der Waals surface area contributed by atoms with Crippen LogP contribution in [-0.2, 0) is 9.53 Å².